The van der Waals surface area contributed by atoms with Gasteiger partial charge in [-0.05, 0) is 56.6 Å². The molecule has 4 rings (SSSR count). The average Bonchev–Trinajstić information content (AvgIpc) is 3.32. The van der Waals surface area contributed by atoms with Crippen LogP contribution >= 0.6 is 29.1 Å². The molecule has 9 heteroatoms. The maximum atomic E-state index is 13.6. The highest BCUT2D eigenvalue weighted by Gasteiger charge is 2.51. The van der Waals surface area contributed by atoms with E-state index in [0.717, 1.165) is 39.8 Å². The Balaban J connectivity index is 1.27. The maximum Gasteiger partial charge on any atom is 0.232 e. The van der Waals surface area contributed by atoms with Gasteiger partial charge in [0.25, 0.3) is 0 Å². The van der Waals surface area contributed by atoms with Crippen molar-refractivity contribution in [3.05, 3.63) is 65.7 Å². The molecule has 0 bridgehead atoms. The topological polar surface area (TPSA) is 91.5 Å². The summed E-state index contributed by atoms with van der Waals surface area (Å²) in [4.78, 5) is 17.8. The molecule has 6 nitrogen and oxygen atoms in total. The zero-order chi connectivity index (χ0) is 24.0. The Hall–Kier alpha value is -2.12. The molecule has 0 spiro atoms. The second kappa shape index (κ2) is 11.1. The third kappa shape index (κ3) is 5.74. The molecule has 1 atom stereocenters. The summed E-state index contributed by atoms with van der Waals surface area (Å²) >= 11 is 2.91. The molecule has 1 aliphatic heterocycles. The first-order valence-corrected chi connectivity index (χ1v) is 15.7. The fraction of sp³-hybridized carbons (Fsp3) is 0.360. The molecule has 1 unspecified atom stereocenters. The van der Waals surface area contributed by atoms with Gasteiger partial charge in [-0.15, -0.1) is 11.3 Å². The molecule has 1 aromatic heterocycles. The minimum Gasteiger partial charge on any atom is -0.494 e. The van der Waals surface area contributed by atoms with Crippen LogP contribution in [0.1, 0.15) is 25.0 Å². The Morgan fingerprint density at radius 3 is 2.56 bits per heavy atom. The van der Waals surface area contributed by atoms with Gasteiger partial charge in [0, 0.05) is 29.1 Å². The Bertz CT molecular complexity index is 1150. The number of amides is 1. The number of hydrogen-bond acceptors (Lipinski definition) is 7. The number of primary amides is 1. The van der Waals surface area contributed by atoms with Crippen molar-refractivity contribution >= 4 is 35.0 Å². The number of nitrogens with two attached hydrogens (primary N) is 1. The van der Waals surface area contributed by atoms with Crippen molar-refractivity contribution in [2.75, 3.05) is 26.5 Å². The Morgan fingerprint density at radius 2 is 1.88 bits per heavy atom. The summed E-state index contributed by atoms with van der Waals surface area (Å²) in [5.74, 6) is 0.263. The molecule has 1 aliphatic rings. The molecule has 0 saturated carbocycles. The lowest BCUT2D eigenvalue weighted by Gasteiger charge is -2.38. The fourth-order valence-corrected chi connectivity index (χ4v) is 10.0. The van der Waals surface area contributed by atoms with Crippen molar-refractivity contribution in [2.24, 2.45) is 5.73 Å². The predicted molar refractivity (Wildman–Crippen MR) is 139 cm³/mol. The van der Waals surface area contributed by atoms with Gasteiger partial charge < -0.3 is 19.8 Å². The van der Waals surface area contributed by atoms with Crippen LogP contribution in [0.5, 0.6) is 5.75 Å². The number of aromatic nitrogens is 1. The van der Waals surface area contributed by atoms with Gasteiger partial charge in [0.1, 0.15) is 15.9 Å². The van der Waals surface area contributed by atoms with Crippen molar-refractivity contribution in [2.45, 2.75) is 35.7 Å². The van der Waals surface area contributed by atoms with E-state index in [9.17, 15) is 9.36 Å². The largest absolute Gasteiger partial charge is 0.494 e. The first-order chi connectivity index (χ1) is 16.4. The summed E-state index contributed by atoms with van der Waals surface area (Å²) in [5.41, 5.74) is 7.92. The van der Waals surface area contributed by atoms with Crippen LogP contribution in [0.4, 0.5) is 0 Å². The first-order valence-electron chi connectivity index (χ1n) is 11.3. The number of carbonyl (C=O) groups excluding carboxylic acids is 1. The van der Waals surface area contributed by atoms with Crippen LogP contribution in [-0.4, -0.2) is 42.5 Å². The minimum atomic E-state index is -2.96. The Labute approximate surface area is 208 Å². The number of ether oxygens (including phenoxy) is 2. The molecular formula is C25H29N2O4PS2. The highest BCUT2D eigenvalue weighted by Crippen LogP contribution is 2.70. The van der Waals surface area contributed by atoms with E-state index < -0.39 is 17.4 Å². The molecule has 2 aromatic carbocycles. The molecule has 2 heterocycles. The number of thiazole rings is 1. The fourth-order valence-electron chi connectivity index (χ4n) is 4.03. The molecule has 0 aliphatic carbocycles. The quantitative estimate of drug-likeness (QED) is 0.268. The van der Waals surface area contributed by atoms with Crippen LogP contribution in [0.15, 0.2) is 64.9 Å². The van der Waals surface area contributed by atoms with Gasteiger partial charge in [0.15, 0.2) is 6.34 Å². The number of hydrogen-bond donors (Lipinski definition) is 1. The van der Waals surface area contributed by atoms with Crippen LogP contribution in [0.2, 0.25) is 0 Å². The number of rotatable bonds is 10. The number of nitrogens with zero attached hydrogens (tertiary/aromatic N) is 1. The van der Waals surface area contributed by atoms with Gasteiger partial charge in [-0.25, -0.2) is 4.98 Å². The van der Waals surface area contributed by atoms with Gasteiger partial charge in [-0.2, -0.15) is 0 Å². The summed E-state index contributed by atoms with van der Waals surface area (Å²) in [7, 11) is 0. The Morgan fingerprint density at radius 1 is 1.18 bits per heavy atom. The van der Waals surface area contributed by atoms with Crippen molar-refractivity contribution in [3.8, 4) is 16.3 Å². The van der Waals surface area contributed by atoms with Crippen LogP contribution in [0, 0.1) is 0 Å². The predicted octanol–water partition coefficient (Wildman–Crippen LogP) is 5.86. The van der Waals surface area contributed by atoms with Crippen molar-refractivity contribution in [1.82, 2.24) is 4.98 Å². The summed E-state index contributed by atoms with van der Waals surface area (Å²) in [6.45, 7) is 3.06. The lowest BCUT2D eigenvalue weighted by Crippen LogP contribution is -2.47. The van der Waals surface area contributed by atoms with E-state index in [1.165, 1.54) is 11.4 Å². The highest BCUT2D eigenvalue weighted by molar-refractivity contribution is 8.58. The summed E-state index contributed by atoms with van der Waals surface area (Å²) in [5, 5.41) is 2.13. The van der Waals surface area contributed by atoms with Crippen LogP contribution in [0.25, 0.3) is 10.6 Å². The monoisotopic (exact) mass is 516 g/mol. The second-order valence-electron chi connectivity index (χ2n) is 8.38. The zero-order valence-electron chi connectivity index (χ0n) is 19.1. The second-order valence-corrected chi connectivity index (χ2v) is 15.1. The zero-order valence-corrected chi connectivity index (χ0v) is 21.7. The van der Waals surface area contributed by atoms with Crippen molar-refractivity contribution < 1.29 is 18.8 Å². The summed E-state index contributed by atoms with van der Waals surface area (Å²) < 4.78 is 24.9. The van der Waals surface area contributed by atoms with E-state index in [1.54, 1.807) is 18.0 Å². The van der Waals surface area contributed by atoms with Gasteiger partial charge in [0.2, 0.25) is 5.91 Å². The third-order valence-electron chi connectivity index (χ3n) is 6.08. The molecular weight excluding hydrogens is 487 g/mol. The van der Waals surface area contributed by atoms with E-state index in [2.05, 4.69) is 17.5 Å². The lowest BCUT2D eigenvalue weighted by molar-refractivity contribution is -0.122. The van der Waals surface area contributed by atoms with Crippen LogP contribution in [-0.2, 0) is 20.5 Å². The molecule has 3 aromatic rings. The smallest absolute Gasteiger partial charge is 0.232 e. The molecule has 2 N–H and O–H groups in total. The van der Waals surface area contributed by atoms with Crippen molar-refractivity contribution in [3.63, 3.8) is 0 Å². The van der Waals surface area contributed by atoms with E-state index in [0.29, 0.717) is 32.7 Å². The molecule has 1 amide bonds. The highest BCUT2D eigenvalue weighted by atomic mass is 32.7. The maximum absolute atomic E-state index is 13.6. The Kier molecular flexibility index (Phi) is 8.14. The number of benzene rings is 2. The van der Waals surface area contributed by atoms with Crippen LogP contribution in [0.3, 0.4) is 0 Å². The van der Waals surface area contributed by atoms with Crippen molar-refractivity contribution in [1.29, 1.82) is 0 Å². The van der Waals surface area contributed by atoms with E-state index in [-0.39, 0.29) is 0 Å². The third-order valence-corrected chi connectivity index (χ3v) is 12.8. The number of carbonyl (C=O) groups is 1. The molecule has 34 heavy (non-hydrogen) atoms. The minimum absolute atomic E-state index is 0.399. The molecule has 1 fully saturated rings. The average molecular weight is 517 g/mol. The number of aryl methyl sites for hydroxylation is 1. The van der Waals surface area contributed by atoms with Gasteiger partial charge in [0.05, 0.1) is 12.3 Å². The molecule has 180 valence electrons. The first kappa shape index (κ1) is 25.0. The molecule has 0 radical (unpaired) electrons. The van der Waals surface area contributed by atoms with Crippen LogP contribution < -0.4 is 10.5 Å². The molecule has 1 saturated heterocycles. The van der Waals surface area contributed by atoms with E-state index in [4.69, 9.17) is 20.2 Å². The van der Waals surface area contributed by atoms with E-state index >= 15 is 0 Å². The SMILES string of the molecule is CP(=O)(Sc1ccc(OCCCc2csc(-c3ccccc3)n2)cc1)C1(C(N)=O)CCOCC1. The van der Waals surface area contributed by atoms with E-state index in [1.807, 2.05) is 42.5 Å². The van der Waals surface area contributed by atoms with Gasteiger partial charge >= 0.3 is 0 Å². The lowest BCUT2D eigenvalue weighted by atomic mass is 9.98. The summed E-state index contributed by atoms with van der Waals surface area (Å²) in [6, 6.07) is 17.7. The van der Waals surface area contributed by atoms with Gasteiger partial charge in [-0.1, -0.05) is 41.7 Å². The normalized spacial score (nSPS) is 17.1. The standard InChI is InChI=1S/C25H29N2O4PS2/c1-32(29,25(24(26)28)13-16-30-17-14-25)34-22-11-9-21(10-12-22)31-15-5-8-20-18-33-23(27-20)19-6-3-2-4-7-19/h2-4,6-7,9-12,18H,5,8,13-17H2,1H3,(H2,26,28). The summed E-state index contributed by atoms with van der Waals surface area (Å²) in [6.07, 6.45) is -0.440. The van der Waals surface area contributed by atoms with Gasteiger partial charge in [-0.3, -0.25) is 4.79 Å².